The van der Waals surface area contributed by atoms with Crippen LogP contribution in [0.3, 0.4) is 0 Å². The summed E-state index contributed by atoms with van der Waals surface area (Å²) in [6, 6.07) is 0. The molecule has 2 aliphatic heterocycles. The Bertz CT molecular complexity index is 428. The molecule has 0 aromatic carbocycles. The first-order valence-electron chi connectivity index (χ1n) is 9.58. The Balaban J connectivity index is 1.68. The molecule has 2 fully saturated rings. The van der Waals surface area contributed by atoms with Gasteiger partial charge in [-0.25, -0.2) is 5.48 Å². The first-order chi connectivity index (χ1) is 12.2. The lowest BCUT2D eigenvalue weighted by Gasteiger charge is -2.28. The van der Waals surface area contributed by atoms with Gasteiger partial charge in [0.05, 0.1) is 31.5 Å². The highest BCUT2D eigenvalue weighted by Gasteiger charge is 2.48. The number of rotatable bonds is 12. The summed E-state index contributed by atoms with van der Waals surface area (Å²) in [5.41, 5.74) is 1.65. The van der Waals surface area contributed by atoms with Crippen LogP contribution in [0, 0.1) is 11.8 Å². The second-order valence-corrected chi connectivity index (χ2v) is 7.08. The van der Waals surface area contributed by atoms with Gasteiger partial charge in [0.1, 0.15) is 0 Å². The lowest BCUT2D eigenvalue weighted by molar-refractivity contribution is -0.129. The van der Waals surface area contributed by atoms with Crippen molar-refractivity contribution in [1.82, 2.24) is 5.48 Å². The fraction of sp³-hybridized carbons (Fsp3) is 0.842. The van der Waals surface area contributed by atoms with Crippen LogP contribution < -0.4 is 5.48 Å². The summed E-state index contributed by atoms with van der Waals surface area (Å²) in [5.74, 6) is 0.598. The molecule has 2 aliphatic rings. The molecule has 2 bridgehead atoms. The molecular formula is C19H33NO5. The van der Waals surface area contributed by atoms with Crippen molar-refractivity contribution in [3.05, 3.63) is 12.2 Å². The molecule has 6 heteroatoms. The Hall–Kier alpha value is -0.950. The first kappa shape index (κ1) is 20.4. The number of hydrogen-bond acceptors (Lipinski definition) is 5. The summed E-state index contributed by atoms with van der Waals surface area (Å²) in [6.07, 6.45) is 10.1. The normalized spacial score (nSPS) is 29.4. The van der Waals surface area contributed by atoms with Gasteiger partial charge in [-0.15, -0.1) is 0 Å². The minimum Gasteiger partial charge on any atom is -0.378 e. The fourth-order valence-electron chi connectivity index (χ4n) is 3.89. The molecule has 25 heavy (non-hydrogen) atoms. The topological polar surface area (TPSA) is 77.0 Å². The van der Waals surface area contributed by atoms with Crippen LogP contribution >= 0.6 is 0 Å². The number of fused-ring (bicyclic) bond motifs is 2. The Morgan fingerprint density at radius 2 is 2.08 bits per heavy atom. The van der Waals surface area contributed by atoms with E-state index in [1.54, 1.807) is 5.48 Å². The second-order valence-electron chi connectivity index (χ2n) is 7.08. The third kappa shape index (κ3) is 6.37. The van der Waals surface area contributed by atoms with Crippen LogP contribution in [0.5, 0.6) is 0 Å². The number of ether oxygens (including phenoxy) is 3. The average molecular weight is 355 g/mol. The summed E-state index contributed by atoms with van der Waals surface area (Å²) >= 11 is 0. The van der Waals surface area contributed by atoms with E-state index in [0.717, 1.165) is 32.3 Å². The van der Waals surface area contributed by atoms with Gasteiger partial charge in [0, 0.05) is 18.9 Å². The van der Waals surface area contributed by atoms with Crippen molar-refractivity contribution < 1.29 is 24.2 Å². The molecule has 5 atom stereocenters. The van der Waals surface area contributed by atoms with Gasteiger partial charge < -0.3 is 14.2 Å². The summed E-state index contributed by atoms with van der Waals surface area (Å²) < 4.78 is 17.8. The SMILES string of the molecule is CCC=CCOCC1C2CCC(O2)C1CCOC(C)CCC(=O)NO. The van der Waals surface area contributed by atoms with E-state index in [-0.39, 0.29) is 18.4 Å². The lowest BCUT2D eigenvalue weighted by atomic mass is 9.78. The highest BCUT2D eigenvalue weighted by atomic mass is 16.5. The highest BCUT2D eigenvalue weighted by molar-refractivity contribution is 5.74. The molecule has 0 aromatic rings. The number of amides is 1. The first-order valence-corrected chi connectivity index (χ1v) is 9.58. The smallest absolute Gasteiger partial charge is 0.243 e. The van der Waals surface area contributed by atoms with E-state index < -0.39 is 0 Å². The van der Waals surface area contributed by atoms with Crippen LogP contribution in [0.25, 0.3) is 0 Å². The average Bonchev–Trinajstić information content (AvgIpc) is 3.21. The van der Waals surface area contributed by atoms with Crippen molar-refractivity contribution in [1.29, 1.82) is 0 Å². The standard InChI is InChI=1S/C19H33NO5/c1-3-4-5-11-23-13-16-15(17-7-8-18(16)25-17)10-12-24-14(2)6-9-19(21)20-22/h4-5,14-18,22H,3,6-13H2,1-2H3,(H,20,21). The quantitative estimate of drug-likeness (QED) is 0.244. The fourth-order valence-corrected chi connectivity index (χ4v) is 3.89. The molecule has 2 heterocycles. The van der Waals surface area contributed by atoms with Crippen molar-refractivity contribution in [2.75, 3.05) is 19.8 Å². The number of hydrogen-bond donors (Lipinski definition) is 2. The van der Waals surface area contributed by atoms with Crippen LogP contribution in [-0.4, -0.2) is 49.2 Å². The molecular weight excluding hydrogens is 322 g/mol. The van der Waals surface area contributed by atoms with Crippen LogP contribution in [0.1, 0.15) is 52.4 Å². The van der Waals surface area contributed by atoms with Gasteiger partial charge in [0.15, 0.2) is 0 Å². The molecule has 1 amide bonds. The summed E-state index contributed by atoms with van der Waals surface area (Å²) in [7, 11) is 0. The molecule has 2 saturated heterocycles. The van der Waals surface area contributed by atoms with E-state index >= 15 is 0 Å². The van der Waals surface area contributed by atoms with Crippen LogP contribution in [0.4, 0.5) is 0 Å². The summed E-state index contributed by atoms with van der Waals surface area (Å²) in [5, 5.41) is 8.51. The third-order valence-corrected chi connectivity index (χ3v) is 5.27. The summed E-state index contributed by atoms with van der Waals surface area (Å²) in [6.45, 7) is 6.18. The lowest BCUT2D eigenvalue weighted by Crippen LogP contribution is -2.32. The van der Waals surface area contributed by atoms with E-state index in [1.807, 2.05) is 6.92 Å². The van der Waals surface area contributed by atoms with Crippen molar-refractivity contribution in [3.8, 4) is 0 Å². The number of carbonyl (C=O) groups excluding carboxylic acids is 1. The van der Waals surface area contributed by atoms with E-state index in [2.05, 4.69) is 19.1 Å². The maximum Gasteiger partial charge on any atom is 0.243 e. The Labute approximate surface area is 150 Å². The molecule has 5 unspecified atom stereocenters. The zero-order valence-corrected chi connectivity index (χ0v) is 15.5. The number of carbonyl (C=O) groups is 1. The molecule has 2 rings (SSSR count). The van der Waals surface area contributed by atoms with Crippen LogP contribution in [-0.2, 0) is 19.0 Å². The zero-order valence-electron chi connectivity index (χ0n) is 15.5. The van der Waals surface area contributed by atoms with E-state index in [9.17, 15) is 4.79 Å². The van der Waals surface area contributed by atoms with Crippen molar-refractivity contribution >= 4 is 5.91 Å². The van der Waals surface area contributed by atoms with Gasteiger partial charge in [-0.3, -0.25) is 10.0 Å². The maximum absolute atomic E-state index is 11.0. The predicted octanol–water partition coefficient (Wildman–Crippen LogP) is 2.84. The predicted molar refractivity (Wildman–Crippen MR) is 94.3 cm³/mol. The van der Waals surface area contributed by atoms with Crippen LogP contribution in [0.2, 0.25) is 0 Å². The largest absolute Gasteiger partial charge is 0.378 e. The molecule has 0 radical (unpaired) electrons. The van der Waals surface area contributed by atoms with Crippen molar-refractivity contribution in [2.45, 2.75) is 70.7 Å². The van der Waals surface area contributed by atoms with E-state index in [1.165, 1.54) is 0 Å². The Morgan fingerprint density at radius 3 is 2.80 bits per heavy atom. The third-order valence-electron chi connectivity index (χ3n) is 5.27. The minimum absolute atomic E-state index is 0.00527. The van der Waals surface area contributed by atoms with Gasteiger partial charge in [-0.05, 0) is 44.9 Å². The van der Waals surface area contributed by atoms with E-state index in [0.29, 0.717) is 43.7 Å². The van der Waals surface area contributed by atoms with Gasteiger partial charge in [0.2, 0.25) is 5.91 Å². The second kappa shape index (κ2) is 10.9. The summed E-state index contributed by atoms with van der Waals surface area (Å²) in [4.78, 5) is 11.0. The van der Waals surface area contributed by atoms with Gasteiger partial charge >= 0.3 is 0 Å². The van der Waals surface area contributed by atoms with E-state index in [4.69, 9.17) is 19.4 Å². The van der Waals surface area contributed by atoms with Crippen LogP contribution in [0.15, 0.2) is 12.2 Å². The molecule has 2 N–H and O–H groups in total. The number of hydroxylamine groups is 1. The van der Waals surface area contributed by atoms with Crippen molar-refractivity contribution in [2.24, 2.45) is 11.8 Å². The molecule has 144 valence electrons. The molecule has 0 aliphatic carbocycles. The number of nitrogens with one attached hydrogen (secondary N) is 1. The highest BCUT2D eigenvalue weighted by Crippen LogP contribution is 2.45. The number of allylic oxidation sites excluding steroid dienone is 1. The van der Waals surface area contributed by atoms with Gasteiger partial charge in [-0.2, -0.15) is 0 Å². The van der Waals surface area contributed by atoms with Gasteiger partial charge in [0.25, 0.3) is 0 Å². The molecule has 6 nitrogen and oxygen atoms in total. The Morgan fingerprint density at radius 1 is 1.32 bits per heavy atom. The van der Waals surface area contributed by atoms with Crippen molar-refractivity contribution in [3.63, 3.8) is 0 Å². The monoisotopic (exact) mass is 355 g/mol. The zero-order chi connectivity index (χ0) is 18.1. The van der Waals surface area contributed by atoms with Gasteiger partial charge in [-0.1, -0.05) is 19.1 Å². The Kier molecular flexibility index (Phi) is 8.89. The maximum atomic E-state index is 11.0. The molecule has 0 saturated carbocycles. The molecule has 0 spiro atoms. The molecule has 0 aromatic heterocycles. The minimum atomic E-state index is -0.369.